The van der Waals surface area contributed by atoms with E-state index in [4.69, 9.17) is 0 Å². The number of non-ortho nitro benzene ring substituents is 1. The lowest BCUT2D eigenvalue weighted by atomic mass is 10.1. The quantitative estimate of drug-likeness (QED) is 0.364. The average Bonchev–Trinajstić information content (AvgIpc) is 2.48. The van der Waals surface area contributed by atoms with Gasteiger partial charge >= 0.3 is 6.18 Å². The van der Waals surface area contributed by atoms with Crippen LogP contribution >= 0.6 is 0 Å². The molecule has 0 spiro atoms. The van der Waals surface area contributed by atoms with Crippen LogP contribution in [0.3, 0.4) is 0 Å². The van der Waals surface area contributed by atoms with E-state index in [1.165, 1.54) is 24.3 Å². The highest BCUT2D eigenvalue weighted by atomic mass is 19.4. The molecule has 2 aromatic carbocycles. The van der Waals surface area contributed by atoms with Crippen molar-refractivity contribution in [2.45, 2.75) is 12.7 Å². The summed E-state index contributed by atoms with van der Waals surface area (Å²) >= 11 is 0. The van der Waals surface area contributed by atoms with E-state index in [1.807, 2.05) is 0 Å². The number of alkyl halides is 3. The Balaban J connectivity index is 2.27. The van der Waals surface area contributed by atoms with Crippen molar-refractivity contribution in [1.82, 2.24) is 0 Å². The Bertz CT molecular complexity index is 723. The second kappa shape index (κ2) is 6.55. The summed E-state index contributed by atoms with van der Waals surface area (Å²) in [4.78, 5) is 13.5. The first-order valence-corrected chi connectivity index (χ1v) is 6.38. The third-order valence-corrected chi connectivity index (χ3v) is 2.95. The van der Waals surface area contributed by atoms with Crippen molar-refractivity contribution >= 4 is 11.4 Å². The third kappa shape index (κ3) is 4.35. The molecule has 0 amide bonds. The van der Waals surface area contributed by atoms with Crippen LogP contribution in [0.4, 0.5) is 23.2 Å². The molecular formula is C15H10F4N2O2. The normalized spacial score (nSPS) is 12.3. The zero-order valence-electron chi connectivity index (χ0n) is 11.5. The highest BCUT2D eigenvalue weighted by Gasteiger charge is 2.36. The molecule has 0 N–H and O–H groups in total. The van der Waals surface area contributed by atoms with Crippen LogP contribution < -0.4 is 0 Å². The van der Waals surface area contributed by atoms with E-state index in [-0.39, 0.29) is 17.8 Å². The maximum absolute atomic E-state index is 13.1. The largest absolute Gasteiger partial charge is 0.433 e. The molecule has 4 nitrogen and oxygen atoms in total. The summed E-state index contributed by atoms with van der Waals surface area (Å²) in [6.07, 6.45) is -4.70. The number of aliphatic imine (C=N–C) groups is 1. The van der Waals surface area contributed by atoms with Gasteiger partial charge in [0, 0.05) is 17.7 Å². The Hall–Kier alpha value is -2.77. The maximum atomic E-state index is 13.1. The molecule has 0 saturated heterocycles. The van der Waals surface area contributed by atoms with Gasteiger partial charge in [0.05, 0.1) is 11.5 Å². The number of nitro benzene ring substituents is 1. The van der Waals surface area contributed by atoms with Crippen molar-refractivity contribution in [3.05, 3.63) is 75.6 Å². The molecule has 0 bridgehead atoms. The minimum absolute atomic E-state index is 0.160. The van der Waals surface area contributed by atoms with Gasteiger partial charge < -0.3 is 0 Å². The van der Waals surface area contributed by atoms with E-state index < -0.39 is 22.6 Å². The van der Waals surface area contributed by atoms with Crippen LogP contribution in [0.5, 0.6) is 0 Å². The molecule has 0 unspecified atom stereocenters. The highest BCUT2D eigenvalue weighted by molar-refractivity contribution is 6.04. The molecule has 0 heterocycles. The fourth-order valence-electron chi connectivity index (χ4n) is 1.85. The van der Waals surface area contributed by atoms with E-state index in [0.29, 0.717) is 5.56 Å². The van der Waals surface area contributed by atoms with Crippen LogP contribution in [0.1, 0.15) is 11.1 Å². The van der Waals surface area contributed by atoms with Crippen LogP contribution in [0.15, 0.2) is 53.5 Å². The van der Waals surface area contributed by atoms with Gasteiger partial charge in [-0.05, 0) is 29.8 Å². The molecule has 120 valence electrons. The zero-order valence-corrected chi connectivity index (χ0v) is 11.5. The standard InChI is InChI=1S/C15H10F4N2O2/c16-12-5-3-11(4-6-12)14(15(17,18)19)20-9-10-1-7-13(8-2-10)21(22)23/h1-8H,9H2. The Morgan fingerprint density at radius 2 is 1.61 bits per heavy atom. The SMILES string of the molecule is O=[N+]([O-])c1ccc(CN=C(c2ccc(F)cc2)C(F)(F)F)cc1. The van der Waals surface area contributed by atoms with Gasteiger partial charge in [-0.3, -0.25) is 15.1 Å². The fourth-order valence-corrected chi connectivity index (χ4v) is 1.85. The number of hydrogen-bond donors (Lipinski definition) is 0. The van der Waals surface area contributed by atoms with Gasteiger partial charge in [-0.25, -0.2) is 4.39 Å². The van der Waals surface area contributed by atoms with Gasteiger partial charge in [0.15, 0.2) is 0 Å². The average molecular weight is 326 g/mol. The van der Waals surface area contributed by atoms with Crippen LogP contribution in [0.2, 0.25) is 0 Å². The summed E-state index contributed by atoms with van der Waals surface area (Å²) in [7, 11) is 0. The number of benzene rings is 2. The molecule has 0 aliphatic rings. The monoisotopic (exact) mass is 326 g/mol. The van der Waals surface area contributed by atoms with Gasteiger partial charge in [-0.15, -0.1) is 0 Å². The van der Waals surface area contributed by atoms with E-state index in [1.54, 1.807) is 0 Å². The molecule has 2 aromatic rings. The lowest BCUT2D eigenvalue weighted by Gasteiger charge is -2.11. The van der Waals surface area contributed by atoms with Gasteiger partial charge in [-0.2, -0.15) is 13.2 Å². The first-order chi connectivity index (χ1) is 10.8. The summed E-state index contributed by atoms with van der Waals surface area (Å²) in [6, 6.07) is 8.88. The smallest absolute Gasteiger partial charge is 0.275 e. The van der Waals surface area contributed by atoms with Crippen molar-refractivity contribution in [2.75, 3.05) is 0 Å². The van der Waals surface area contributed by atoms with Crippen molar-refractivity contribution in [3.8, 4) is 0 Å². The van der Waals surface area contributed by atoms with E-state index in [2.05, 4.69) is 4.99 Å². The van der Waals surface area contributed by atoms with Crippen LogP contribution in [-0.4, -0.2) is 16.8 Å². The van der Waals surface area contributed by atoms with Crippen LogP contribution in [-0.2, 0) is 6.54 Å². The summed E-state index contributed by atoms with van der Waals surface area (Å²) in [6.45, 7) is -0.301. The number of nitrogens with zero attached hydrogens (tertiary/aromatic N) is 2. The fraction of sp³-hybridized carbons (Fsp3) is 0.133. The summed E-state index contributed by atoms with van der Waals surface area (Å²) in [5, 5.41) is 10.5. The predicted molar refractivity (Wildman–Crippen MR) is 75.8 cm³/mol. The predicted octanol–water partition coefficient (Wildman–Crippen LogP) is 4.29. The molecule has 0 fully saturated rings. The highest BCUT2D eigenvalue weighted by Crippen LogP contribution is 2.24. The molecular weight excluding hydrogens is 316 g/mol. The van der Waals surface area contributed by atoms with Crippen molar-refractivity contribution < 1.29 is 22.5 Å². The number of nitro groups is 1. The first kappa shape index (κ1) is 16.6. The number of hydrogen-bond acceptors (Lipinski definition) is 3. The minimum Gasteiger partial charge on any atom is -0.275 e. The Morgan fingerprint density at radius 1 is 1.04 bits per heavy atom. The van der Waals surface area contributed by atoms with Gasteiger partial charge in [0.2, 0.25) is 0 Å². The zero-order chi connectivity index (χ0) is 17.0. The number of rotatable bonds is 4. The molecule has 0 aliphatic heterocycles. The molecule has 0 aromatic heterocycles. The minimum atomic E-state index is -4.70. The first-order valence-electron chi connectivity index (χ1n) is 6.38. The Kier molecular flexibility index (Phi) is 4.73. The summed E-state index contributed by atoms with van der Waals surface area (Å²) in [5.41, 5.74) is -1.15. The molecule has 2 rings (SSSR count). The van der Waals surface area contributed by atoms with Crippen LogP contribution in [0, 0.1) is 15.9 Å². The van der Waals surface area contributed by atoms with E-state index in [0.717, 1.165) is 24.3 Å². The van der Waals surface area contributed by atoms with Gasteiger partial charge in [0.1, 0.15) is 11.5 Å². The molecule has 8 heteroatoms. The van der Waals surface area contributed by atoms with E-state index >= 15 is 0 Å². The van der Waals surface area contributed by atoms with Crippen molar-refractivity contribution in [3.63, 3.8) is 0 Å². The molecule has 0 atom stereocenters. The summed E-state index contributed by atoms with van der Waals surface area (Å²) in [5.74, 6) is -0.648. The van der Waals surface area contributed by atoms with Gasteiger partial charge in [-0.1, -0.05) is 12.1 Å². The Morgan fingerprint density at radius 3 is 2.09 bits per heavy atom. The Labute approximate surface area is 128 Å². The van der Waals surface area contributed by atoms with E-state index in [9.17, 15) is 27.7 Å². The topological polar surface area (TPSA) is 55.5 Å². The molecule has 0 saturated carbocycles. The molecule has 23 heavy (non-hydrogen) atoms. The second-order valence-corrected chi connectivity index (χ2v) is 4.59. The lowest BCUT2D eigenvalue weighted by Crippen LogP contribution is -2.24. The van der Waals surface area contributed by atoms with Gasteiger partial charge in [0.25, 0.3) is 5.69 Å². The molecule has 0 radical (unpaired) electrons. The van der Waals surface area contributed by atoms with Crippen molar-refractivity contribution in [1.29, 1.82) is 0 Å². The van der Waals surface area contributed by atoms with Crippen molar-refractivity contribution in [2.24, 2.45) is 4.99 Å². The number of halogens is 4. The third-order valence-electron chi connectivity index (χ3n) is 2.95. The van der Waals surface area contributed by atoms with Crippen LogP contribution in [0.25, 0.3) is 0 Å². The lowest BCUT2D eigenvalue weighted by molar-refractivity contribution is -0.384. The summed E-state index contributed by atoms with van der Waals surface area (Å²) < 4.78 is 52.0. The second-order valence-electron chi connectivity index (χ2n) is 4.59. The maximum Gasteiger partial charge on any atom is 0.433 e. The molecule has 0 aliphatic carbocycles.